The number of aromatic nitrogens is 4. The molecule has 0 unspecified atom stereocenters. The molecule has 92 valence electrons. The zero-order valence-corrected chi connectivity index (χ0v) is 9.82. The summed E-state index contributed by atoms with van der Waals surface area (Å²) in [5.41, 5.74) is 0.265. The Bertz CT molecular complexity index is 574. The number of carbonyl (C=O) groups excluding carboxylic acids is 1. The highest BCUT2D eigenvalue weighted by atomic mass is 16.5. The molecule has 7 nitrogen and oxygen atoms in total. The molecule has 2 aromatic heterocycles. The Morgan fingerprint density at radius 1 is 1.06 bits per heavy atom. The van der Waals surface area contributed by atoms with Crippen LogP contribution in [0, 0.1) is 0 Å². The molecule has 0 bridgehead atoms. The van der Waals surface area contributed by atoms with Crippen LogP contribution >= 0.6 is 0 Å². The average molecular weight is 246 g/mol. The average Bonchev–Trinajstić information content (AvgIpc) is 2.46. The topological polar surface area (TPSA) is 87.1 Å². The first kappa shape index (κ1) is 11.9. The highest BCUT2D eigenvalue weighted by molar-refractivity contribution is 6.07. The van der Waals surface area contributed by atoms with Crippen LogP contribution in [0.1, 0.15) is 16.2 Å². The molecule has 0 N–H and O–H groups in total. The van der Waals surface area contributed by atoms with Crippen molar-refractivity contribution >= 4 is 5.78 Å². The smallest absolute Gasteiger partial charge is 0.243 e. The highest BCUT2D eigenvalue weighted by Gasteiger charge is 2.18. The first-order valence-corrected chi connectivity index (χ1v) is 5.02. The predicted molar refractivity (Wildman–Crippen MR) is 60.6 cm³/mol. The van der Waals surface area contributed by atoms with Crippen molar-refractivity contribution in [2.24, 2.45) is 0 Å². The fourth-order valence-corrected chi connectivity index (χ4v) is 1.33. The Morgan fingerprint density at radius 3 is 2.56 bits per heavy atom. The number of carbonyl (C=O) groups is 1. The van der Waals surface area contributed by atoms with Crippen LogP contribution in [0.15, 0.2) is 24.8 Å². The maximum absolute atomic E-state index is 12.2. The van der Waals surface area contributed by atoms with Crippen molar-refractivity contribution in [1.82, 2.24) is 19.9 Å². The van der Waals surface area contributed by atoms with Gasteiger partial charge in [0.25, 0.3) is 0 Å². The van der Waals surface area contributed by atoms with Gasteiger partial charge in [0.15, 0.2) is 5.69 Å². The summed E-state index contributed by atoms with van der Waals surface area (Å²) in [6.07, 6.45) is 4.10. The van der Waals surface area contributed by atoms with Crippen molar-refractivity contribution in [2.45, 2.75) is 0 Å². The lowest BCUT2D eigenvalue weighted by Crippen LogP contribution is -2.10. The third-order valence-electron chi connectivity index (χ3n) is 2.16. The fourth-order valence-electron chi connectivity index (χ4n) is 1.33. The number of hydrogen-bond donors (Lipinski definition) is 0. The molecule has 0 aromatic carbocycles. The van der Waals surface area contributed by atoms with Crippen LogP contribution in [-0.4, -0.2) is 39.9 Å². The van der Waals surface area contributed by atoms with Crippen molar-refractivity contribution in [1.29, 1.82) is 0 Å². The first-order chi connectivity index (χ1) is 8.76. The molecule has 0 aliphatic heterocycles. The van der Waals surface area contributed by atoms with Gasteiger partial charge in [0.2, 0.25) is 17.5 Å². The van der Waals surface area contributed by atoms with Crippen molar-refractivity contribution in [2.75, 3.05) is 14.2 Å². The monoisotopic (exact) mass is 246 g/mol. The summed E-state index contributed by atoms with van der Waals surface area (Å²) < 4.78 is 9.90. The minimum Gasteiger partial charge on any atom is -0.481 e. The van der Waals surface area contributed by atoms with Crippen molar-refractivity contribution in [3.05, 3.63) is 36.2 Å². The third-order valence-corrected chi connectivity index (χ3v) is 2.16. The maximum Gasteiger partial charge on any atom is 0.243 e. The van der Waals surface area contributed by atoms with Gasteiger partial charge < -0.3 is 9.47 Å². The summed E-state index contributed by atoms with van der Waals surface area (Å²) >= 11 is 0. The van der Waals surface area contributed by atoms with E-state index in [9.17, 15) is 4.79 Å². The van der Waals surface area contributed by atoms with Gasteiger partial charge in [-0.3, -0.25) is 4.79 Å². The largest absolute Gasteiger partial charge is 0.481 e. The van der Waals surface area contributed by atoms with E-state index in [0.29, 0.717) is 5.88 Å². The van der Waals surface area contributed by atoms with E-state index >= 15 is 0 Å². The lowest BCUT2D eigenvalue weighted by molar-refractivity contribution is 0.102. The Labute approximate surface area is 103 Å². The van der Waals surface area contributed by atoms with Crippen LogP contribution in [0.2, 0.25) is 0 Å². The normalized spacial score (nSPS) is 9.89. The van der Waals surface area contributed by atoms with Gasteiger partial charge in [-0.05, 0) is 0 Å². The second-order valence-corrected chi connectivity index (χ2v) is 3.19. The lowest BCUT2D eigenvalue weighted by atomic mass is 10.2. The Hall–Kier alpha value is -2.57. The Morgan fingerprint density at radius 2 is 1.83 bits per heavy atom. The molecule has 0 saturated heterocycles. The zero-order chi connectivity index (χ0) is 13.0. The number of rotatable bonds is 4. The molecule has 0 amide bonds. The summed E-state index contributed by atoms with van der Waals surface area (Å²) in [6.45, 7) is 0. The third kappa shape index (κ3) is 2.24. The molecule has 2 heterocycles. The molecular weight excluding hydrogens is 236 g/mol. The number of ketones is 1. The summed E-state index contributed by atoms with van der Waals surface area (Å²) in [5.74, 6) is 0.0527. The summed E-state index contributed by atoms with van der Waals surface area (Å²) in [7, 11) is 2.88. The van der Waals surface area contributed by atoms with E-state index < -0.39 is 5.78 Å². The van der Waals surface area contributed by atoms with Crippen LogP contribution in [0.3, 0.4) is 0 Å². The number of hydrogen-bond acceptors (Lipinski definition) is 7. The van der Waals surface area contributed by atoms with Gasteiger partial charge in [0.1, 0.15) is 12.0 Å². The standard InChI is InChI=1S/C11H10N4O3/c1-17-8-5-7(14-6-15-8)10(16)9-11(18-2)13-4-3-12-9/h3-6H,1-2H3. The van der Waals surface area contributed by atoms with Crippen LogP contribution in [0.25, 0.3) is 0 Å². The highest BCUT2D eigenvalue weighted by Crippen LogP contribution is 2.16. The van der Waals surface area contributed by atoms with E-state index in [1.165, 1.54) is 39.0 Å². The summed E-state index contributed by atoms with van der Waals surface area (Å²) in [4.78, 5) is 27.7. The Balaban J connectivity index is 2.41. The molecule has 0 fully saturated rings. The van der Waals surface area contributed by atoms with E-state index in [4.69, 9.17) is 9.47 Å². The molecular formula is C11H10N4O3. The molecule has 0 atom stereocenters. The van der Waals surface area contributed by atoms with E-state index in [2.05, 4.69) is 19.9 Å². The van der Waals surface area contributed by atoms with Crippen LogP contribution in [0.5, 0.6) is 11.8 Å². The van der Waals surface area contributed by atoms with Gasteiger partial charge in [-0.25, -0.2) is 19.9 Å². The molecule has 2 rings (SSSR count). The van der Waals surface area contributed by atoms with Gasteiger partial charge in [0.05, 0.1) is 14.2 Å². The minimum absolute atomic E-state index is 0.0979. The number of nitrogens with zero attached hydrogens (tertiary/aromatic N) is 4. The van der Waals surface area contributed by atoms with Gasteiger partial charge >= 0.3 is 0 Å². The molecule has 0 radical (unpaired) electrons. The van der Waals surface area contributed by atoms with Gasteiger partial charge in [0, 0.05) is 18.5 Å². The first-order valence-electron chi connectivity index (χ1n) is 5.02. The molecule has 0 spiro atoms. The van der Waals surface area contributed by atoms with E-state index in [0.717, 1.165) is 0 Å². The quantitative estimate of drug-likeness (QED) is 0.726. The van der Waals surface area contributed by atoms with Crippen molar-refractivity contribution in [3.8, 4) is 11.8 Å². The second-order valence-electron chi connectivity index (χ2n) is 3.19. The SMILES string of the molecule is COc1cc(C(=O)c2nccnc2OC)ncn1. The van der Waals surface area contributed by atoms with Crippen LogP contribution < -0.4 is 9.47 Å². The Kier molecular flexibility index (Phi) is 3.42. The molecule has 0 aliphatic rings. The van der Waals surface area contributed by atoms with Gasteiger partial charge in [-0.1, -0.05) is 0 Å². The predicted octanol–water partition coefficient (Wildman–Crippen LogP) is 0.515. The summed E-state index contributed by atoms with van der Waals surface area (Å²) in [6, 6.07) is 1.43. The van der Waals surface area contributed by atoms with Crippen LogP contribution in [0.4, 0.5) is 0 Å². The number of methoxy groups -OCH3 is 2. The van der Waals surface area contributed by atoms with Crippen molar-refractivity contribution in [3.63, 3.8) is 0 Å². The maximum atomic E-state index is 12.2. The van der Waals surface area contributed by atoms with E-state index in [-0.39, 0.29) is 17.3 Å². The number of ether oxygens (including phenoxy) is 2. The molecule has 0 aliphatic carbocycles. The molecule has 7 heteroatoms. The minimum atomic E-state index is -0.402. The van der Waals surface area contributed by atoms with E-state index in [1.54, 1.807) is 0 Å². The zero-order valence-electron chi connectivity index (χ0n) is 9.82. The van der Waals surface area contributed by atoms with E-state index in [1.807, 2.05) is 0 Å². The molecule has 18 heavy (non-hydrogen) atoms. The van der Waals surface area contributed by atoms with Gasteiger partial charge in [-0.15, -0.1) is 0 Å². The fraction of sp³-hybridized carbons (Fsp3) is 0.182. The van der Waals surface area contributed by atoms with Gasteiger partial charge in [-0.2, -0.15) is 0 Å². The van der Waals surface area contributed by atoms with Crippen LogP contribution in [-0.2, 0) is 0 Å². The summed E-state index contributed by atoms with van der Waals surface area (Å²) in [5, 5.41) is 0. The second kappa shape index (κ2) is 5.17. The molecule has 2 aromatic rings. The lowest BCUT2D eigenvalue weighted by Gasteiger charge is -2.04. The van der Waals surface area contributed by atoms with Crippen molar-refractivity contribution < 1.29 is 14.3 Å². The molecule has 0 saturated carbocycles.